The summed E-state index contributed by atoms with van der Waals surface area (Å²) in [5.74, 6) is -0.218. The fraction of sp³-hybridized carbons (Fsp3) is 0.500. The Morgan fingerprint density at radius 2 is 2.22 bits per heavy atom. The Balaban J connectivity index is 2.92. The number of aryl methyl sites for hydroxylation is 1. The largest absolute Gasteiger partial charge is 0.334 e. The lowest BCUT2D eigenvalue weighted by Gasteiger charge is -2.27. The van der Waals surface area contributed by atoms with Gasteiger partial charge in [0.15, 0.2) is 0 Å². The van der Waals surface area contributed by atoms with Crippen LogP contribution >= 0.6 is 0 Å². The Hall–Kier alpha value is -1.89. The summed E-state index contributed by atoms with van der Waals surface area (Å²) in [5.41, 5.74) is 0.640. The minimum Gasteiger partial charge on any atom is -0.334 e. The van der Waals surface area contributed by atoms with Crippen molar-refractivity contribution in [2.24, 2.45) is 5.92 Å². The van der Waals surface area contributed by atoms with Crippen LogP contribution in [0.3, 0.4) is 0 Å². The molecule has 18 heavy (non-hydrogen) atoms. The molecule has 1 N–H and O–H groups in total. The molecule has 1 aromatic heterocycles. The van der Waals surface area contributed by atoms with Crippen LogP contribution in [0.1, 0.15) is 43.6 Å². The SMILES string of the molecule is CCc1cncc(C(=O)NC(C)(C#N)C(C)C)c1. The third-order valence-corrected chi connectivity index (χ3v) is 3.23. The number of amides is 1. The predicted molar refractivity (Wildman–Crippen MR) is 69.9 cm³/mol. The molecule has 0 saturated heterocycles. The molecule has 0 aliphatic carbocycles. The van der Waals surface area contributed by atoms with Crippen LogP contribution < -0.4 is 5.32 Å². The zero-order valence-electron chi connectivity index (χ0n) is 11.3. The van der Waals surface area contributed by atoms with Gasteiger partial charge in [0, 0.05) is 12.4 Å². The smallest absolute Gasteiger partial charge is 0.254 e. The highest BCUT2D eigenvalue weighted by molar-refractivity contribution is 5.94. The normalized spacial score (nSPS) is 13.8. The van der Waals surface area contributed by atoms with Crippen molar-refractivity contribution in [2.75, 3.05) is 0 Å². The summed E-state index contributed by atoms with van der Waals surface area (Å²) in [6.45, 7) is 7.55. The van der Waals surface area contributed by atoms with Gasteiger partial charge >= 0.3 is 0 Å². The fourth-order valence-corrected chi connectivity index (χ4v) is 1.41. The summed E-state index contributed by atoms with van der Waals surface area (Å²) in [7, 11) is 0. The second-order valence-corrected chi connectivity index (χ2v) is 4.86. The van der Waals surface area contributed by atoms with Crippen LogP contribution in [0.5, 0.6) is 0 Å². The number of carbonyl (C=O) groups excluding carboxylic acids is 1. The topological polar surface area (TPSA) is 65.8 Å². The maximum absolute atomic E-state index is 12.1. The zero-order valence-corrected chi connectivity index (χ0v) is 11.3. The average Bonchev–Trinajstić information content (AvgIpc) is 2.38. The van der Waals surface area contributed by atoms with Gasteiger partial charge in [-0.1, -0.05) is 20.8 Å². The molecule has 1 amide bonds. The summed E-state index contributed by atoms with van der Waals surface area (Å²) in [4.78, 5) is 16.1. The van der Waals surface area contributed by atoms with Crippen LogP contribution in [0.2, 0.25) is 0 Å². The van der Waals surface area contributed by atoms with Crippen molar-refractivity contribution in [2.45, 2.75) is 39.7 Å². The van der Waals surface area contributed by atoms with Gasteiger partial charge in [-0.2, -0.15) is 5.26 Å². The maximum atomic E-state index is 12.1. The summed E-state index contributed by atoms with van der Waals surface area (Å²) in [6.07, 6.45) is 4.09. The number of pyridine rings is 1. The monoisotopic (exact) mass is 245 g/mol. The van der Waals surface area contributed by atoms with Gasteiger partial charge in [-0.3, -0.25) is 9.78 Å². The van der Waals surface area contributed by atoms with Crippen molar-refractivity contribution in [3.63, 3.8) is 0 Å². The molecule has 0 fully saturated rings. The molecule has 1 atom stereocenters. The Kier molecular flexibility index (Phi) is 4.43. The Morgan fingerprint density at radius 1 is 1.56 bits per heavy atom. The van der Waals surface area contributed by atoms with E-state index in [9.17, 15) is 10.1 Å². The summed E-state index contributed by atoms with van der Waals surface area (Å²) in [6, 6.07) is 3.96. The number of carbonyl (C=O) groups is 1. The highest BCUT2D eigenvalue weighted by Gasteiger charge is 2.30. The molecule has 1 heterocycles. The Labute approximate surface area is 108 Å². The van der Waals surface area contributed by atoms with Crippen LogP contribution in [0.25, 0.3) is 0 Å². The van der Waals surface area contributed by atoms with Crippen LogP contribution in [0.15, 0.2) is 18.5 Å². The number of nitrogens with zero attached hydrogens (tertiary/aromatic N) is 2. The second kappa shape index (κ2) is 5.63. The standard InChI is InChI=1S/C14H19N3O/c1-5-11-6-12(8-16-7-11)13(18)17-14(4,9-15)10(2)3/h6-8,10H,5H2,1-4H3,(H,17,18). The number of nitrogens with one attached hydrogen (secondary N) is 1. The lowest BCUT2D eigenvalue weighted by molar-refractivity contribution is 0.0907. The second-order valence-electron chi connectivity index (χ2n) is 4.86. The molecule has 0 bridgehead atoms. The van der Waals surface area contributed by atoms with Gasteiger partial charge in [-0.25, -0.2) is 0 Å². The van der Waals surface area contributed by atoms with Crippen LogP contribution in [0.4, 0.5) is 0 Å². The molecule has 0 radical (unpaired) electrons. The van der Waals surface area contributed by atoms with Gasteiger partial charge in [-0.05, 0) is 30.9 Å². The molecule has 1 rings (SSSR count). The third kappa shape index (κ3) is 3.07. The zero-order chi connectivity index (χ0) is 13.8. The Bertz CT molecular complexity index is 476. The molecule has 1 aromatic rings. The van der Waals surface area contributed by atoms with Crippen molar-refractivity contribution in [1.29, 1.82) is 5.26 Å². The summed E-state index contributed by atoms with van der Waals surface area (Å²) < 4.78 is 0. The van der Waals surface area contributed by atoms with E-state index in [4.69, 9.17) is 0 Å². The number of hydrogen-bond donors (Lipinski definition) is 1. The van der Waals surface area contributed by atoms with E-state index in [-0.39, 0.29) is 11.8 Å². The molecule has 0 aromatic carbocycles. The number of aromatic nitrogens is 1. The predicted octanol–water partition coefficient (Wildman–Crippen LogP) is 2.31. The molecule has 4 heteroatoms. The third-order valence-electron chi connectivity index (χ3n) is 3.23. The van der Waals surface area contributed by atoms with Gasteiger partial charge < -0.3 is 5.32 Å². The van der Waals surface area contributed by atoms with E-state index in [1.807, 2.05) is 20.8 Å². The molecule has 0 saturated carbocycles. The fourth-order valence-electron chi connectivity index (χ4n) is 1.41. The van der Waals surface area contributed by atoms with Gasteiger partial charge in [0.05, 0.1) is 11.6 Å². The van der Waals surface area contributed by atoms with Crippen LogP contribution in [0, 0.1) is 17.2 Å². The summed E-state index contributed by atoms with van der Waals surface area (Å²) in [5, 5.41) is 11.9. The molecule has 0 aliphatic rings. The van der Waals surface area contributed by atoms with E-state index in [2.05, 4.69) is 16.4 Å². The van der Waals surface area contributed by atoms with E-state index < -0.39 is 5.54 Å². The molecule has 4 nitrogen and oxygen atoms in total. The first-order valence-corrected chi connectivity index (χ1v) is 6.10. The van der Waals surface area contributed by atoms with Gasteiger partial charge in [-0.15, -0.1) is 0 Å². The van der Waals surface area contributed by atoms with Crippen molar-refractivity contribution in [3.8, 4) is 6.07 Å². The van der Waals surface area contributed by atoms with E-state index in [0.29, 0.717) is 5.56 Å². The average molecular weight is 245 g/mol. The van der Waals surface area contributed by atoms with Crippen molar-refractivity contribution in [3.05, 3.63) is 29.6 Å². The van der Waals surface area contributed by atoms with E-state index in [0.717, 1.165) is 12.0 Å². The highest BCUT2D eigenvalue weighted by atomic mass is 16.1. The van der Waals surface area contributed by atoms with Crippen molar-refractivity contribution < 1.29 is 4.79 Å². The number of nitriles is 1. The lowest BCUT2D eigenvalue weighted by atomic mass is 9.90. The minimum absolute atomic E-state index is 0.0359. The first kappa shape index (κ1) is 14.2. The van der Waals surface area contributed by atoms with Gasteiger partial charge in [0.2, 0.25) is 0 Å². The molecule has 0 aliphatic heterocycles. The van der Waals surface area contributed by atoms with Crippen molar-refractivity contribution >= 4 is 5.91 Å². The van der Waals surface area contributed by atoms with Gasteiger partial charge in [0.25, 0.3) is 5.91 Å². The maximum Gasteiger partial charge on any atom is 0.254 e. The summed E-state index contributed by atoms with van der Waals surface area (Å²) >= 11 is 0. The van der Waals surface area contributed by atoms with E-state index in [1.54, 1.807) is 19.2 Å². The molecule has 96 valence electrons. The molecular weight excluding hydrogens is 226 g/mol. The molecular formula is C14H19N3O. The Morgan fingerprint density at radius 3 is 2.72 bits per heavy atom. The first-order valence-electron chi connectivity index (χ1n) is 6.10. The van der Waals surface area contributed by atoms with Crippen LogP contribution in [-0.2, 0) is 6.42 Å². The molecule has 1 unspecified atom stereocenters. The van der Waals surface area contributed by atoms with Crippen molar-refractivity contribution in [1.82, 2.24) is 10.3 Å². The van der Waals surface area contributed by atoms with E-state index >= 15 is 0 Å². The minimum atomic E-state index is -0.862. The van der Waals surface area contributed by atoms with Gasteiger partial charge in [0.1, 0.15) is 5.54 Å². The van der Waals surface area contributed by atoms with Crippen LogP contribution in [-0.4, -0.2) is 16.4 Å². The first-order chi connectivity index (χ1) is 8.42. The number of hydrogen-bond acceptors (Lipinski definition) is 3. The van der Waals surface area contributed by atoms with E-state index in [1.165, 1.54) is 6.20 Å². The lowest BCUT2D eigenvalue weighted by Crippen LogP contribution is -2.48. The molecule has 0 spiro atoms. The number of rotatable bonds is 4. The highest BCUT2D eigenvalue weighted by Crippen LogP contribution is 2.16. The quantitative estimate of drug-likeness (QED) is 0.885.